The second-order valence-corrected chi connectivity index (χ2v) is 8.08. The first-order chi connectivity index (χ1) is 14.1. The van der Waals surface area contributed by atoms with Crippen molar-refractivity contribution in [3.8, 4) is 0 Å². The molecule has 0 bridgehead atoms. The van der Waals surface area contributed by atoms with Crippen LogP contribution in [0.1, 0.15) is 50.0 Å². The van der Waals surface area contributed by atoms with Crippen molar-refractivity contribution in [2.45, 2.75) is 46.7 Å². The number of halogens is 1. The van der Waals surface area contributed by atoms with E-state index in [4.69, 9.17) is 0 Å². The zero-order valence-electron chi connectivity index (χ0n) is 18.7. The highest BCUT2D eigenvalue weighted by atomic mass is 19.1. The summed E-state index contributed by atoms with van der Waals surface area (Å²) in [5.41, 5.74) is 3.05. The lowest BCUT2D eigenvalue weighted by atomic mass is 10.1. The molecule has 0 radical (unpaired) electrons. The van der Waals surface area contributed by atoms with E-state index in [9.17, 15) is 14.0 Å². The number of rotatable bonds is 8. The van der Waals surface area contributed by atoms with Gasteiger partial charge in [0, 0.05) is 49.5 Å². The van der Waals surface area contributed by atoms with Gasteiger partial charge in [-0.2, -0.15) is 0 Å². The quantitative estimate of drug-likeness (QED) is 0.668. The molecule has 0 aliphatic heterocycles. The number of carbonyl (C=O) groups is 2. The Hall–Kier alpha value is -2.89. The van der Waals surface area contributed by atoms with Crippen molar-refractivity contribution in [2.75, 3.05) is 24.3 Å². The Morgan fingerprint density at radius 3 is 2.20 bits per heavy atom. The zero-order valence-corrected chi connectivity index (χ0v) is 18.7. The molecule has 0 aliphatic rings. The Morgan fingerprint density at radius 2 is 1.67 bits per heavy atom. The molecule has 6 heteroatoms. The Balaban J connectivity index is 2.40. The maximum Gasteiger partial charge on any atom is 0.254 e. The fourth-order valence-corrected chi connectivity index (χ4v) is 3.10. The first kappa shape index (κ1) is 23.4. The van der Waals surface area contributed by atoms with Gasteiger partial charge in [0.25, 0.3) is 5.91 Å². The van der Waals surface area contributed by atoms with Gasteiger partial charge in [-0.3, -0.25) is 9.59 Å². The van der Waals surface area contributed by atoms with Crippen molar-refractivity contribution in [3.05, 3.63) is 59.4 Å². The number of benzene rings is 2. The first-order valence-electron chi connectivity index (χ1n) is 10.3. The lowest BCUT2D eigenvalue weighted by molar-refractivity contribution is -0.118. The van der Waals surface area contributed by atoms with Crippen LogP contribution in [0.5, 0.6) is 0 Å². The van der Waals surface area contributed by atoms with Crippen LogP contribution in [-0.2, 0) is 11.3 Å². The molecule has 0 fully saturated rings. The number of nitrogens with zero attached hydrogens (tertiary/aromatic N) is 2. The van der Waals surface area contributed by atoms with Crippen LogP contribution in [-0.4, -0.2) is 36.9 Å². The lowest BCUT2D eigenvalue weighted by Crippen LogP contribution is -2.38. The maximum atomic E-state index is 13.3. The van der Waals surface area contributed by atoms with Crippen LogP contribution in [0.4, 0.5) is 15.8 Å². The van der Waals surface area contributed by atoms with Gasteiger partial charge in [-0.1, -0.05) is 20.8 Å². The van der Waals surface area contributed by atoms with Crippen molar-refractivity contribution in [1.82, 2.24) is 4.90 Å². The van der Waals surface area contributed by atoms with Gasteiger partial charge in [-0.25, -0.2) is 4.39 Å². The van der Waals surface area contributed by atoms with Gasteiger partial charge >= 0.3 is 0 Å². The third kappa shape index (κ3) is 5.81. The average molecular weight is 414 g/mol. The fourth-order valence-electron chi connectivity index (χ4n) is 3.10. The van der Waals surface area contributed by atoms with Crippen molar-refractivity contribution in [1.29, 1.82) is 0 Å². The smallest absolute Gasteiger partial charge is 0.254 e. The topological polar surface area (TPSA) is 52.7 Å². The van der Waals surface area contributed by atoms with E-state index in [-0.39, 0.29) is 29.6 Å². The molecule has 2 rings (SSSR count). The summed E-state index contributed by atoms with van der Waals surface area (Å²) in [6.07, 6.45) is 0.786. The van der Waals surface area contributed by atoms with Crippen LogP contribution in [0.15, 0.2) is 42.5 Å². The summed E-state index contributed by atoms with van der Waals surface area (Å²) in [4.78, 5) is 29.1. The van der Waals surface area contributed by atoms with Gasteiger partial charge in [0.1, 0.15) is 5.82 Å². The average Bonchev–Trinajstić information content (AvgIpc) is 2.71. The van der Waals surface area contributed by atoms with E-state index < -0.39 is 0 Å². The second kappa shape index (κ2) is 10.2. The molecule has 2 aromatic carbocycles. The highest BCUT2D eigenvalue weighted by molar-refractivity contribution is 5.95. The normalized spacial score (nSPS) is 11.9. The number of hydrogen-bond donors (Lipinski definition) is 1. The summed E-state index contributed by atoms with van der Waals surface area (Å²) in [6, 6.07) is 11.4. The minimum Gasteiger partial charge on any atom is -0.377 e. The number of hydrogen-bond acceptors (Lipinski definition) is 3. The Bertz CT molecular complexity index is 879. The summed E-state index contributed by atoms with van der Waals surface area (Å²) in [5, 5.41) is 2.93. The molecule has 2 aromatic rings. The minimum absolute atomic E-state index is 0.00789. The van der Waals surface area contributed by atoms with E-state index in [0.29, 0.717) is 17.8 Å². The lowest BCUT2D eigenvalue weighted by Gasteiger charge is -2.31. The van der Waals surface area contributed by atoms with Crippen LogP contribution in [0.3, 0.4) is 0 Å². The molecule has 0 heterocycles. The van der Waals surface area contributed by atoms with Gasteiger partial charge < -0.3 is 15.1 Å². The Labute approximate surface area is 178 Å². The van der Waals surface area contributed by atoms with Crippen molar-refractivity contribution < 1.29 is 14.0 Å². The van der Waals surface area contributed by atoms with Crippen LogP contribution in [0, 0.1) is 11.7 Å². The third-order valence-corrected chi connectivity index (χ3v) is 5.17. The van der Waals surface area contributed by atoms with Gasteiger partial charge in [0.05, 0.1) is 0 Å². The summed E-state index contributed by atoms with van der Waals surface area (Å²) >= 11 is 0. The highest BCUT2D eigenvalue weighted by Crippen LogP contribution is 2.27. The largest absolute Gasteiger partial charge is 0.377 e. The Morgan fingerprint density at radius 1 is 1.03 bits per heavy atom. The summed E-state index contributed by atoms with van der Waals surface area (Å²) in [5.74, 6) is -0.700. The number of anilines is 2. The molecule has 2 amide bonds. The monoisotopic (exact) mass is 413 g/mol. The van der Waals surface area contributed by atoms with E-state index in [2.05, 4.69) is 5.32 Å². The van der Waals surface area contributed by atoms with E-state index in [1.165, 1.54) is 24.3 Å². The molecule has 0 spiro atoms. The summed E-state index contributed by atoms with van der Waals surface area (Å²) in [7, 11) is 3.89. The molecule has 0 aromatic heterocycles. The molecule has 0 saturated carbocycles. The van der Waals surface area contributed by atoms with E-state index in [1.807, 2.05) is 64.9 Å². The molecule has 5 nitrogen and oxygen atoms in total. The third-order valence-electron chi connectivity index (χ3n) is 5.17. The first-order valence-corrected chi connectivity index (χ1v) is 10.3. The van der Waals surface area contributed by atoms with E-state index in [0.717, 1.165) is 17.7 Å². The molecule has 0 unspecified atom stereocenters. The zero-order chi connectivity index (χ0) is 22.4. The molecular formula is C24H32FN3O2. The van der Waals surface area contributed by atoms with Gasteiger partial charge in [0.15, 0.2) is 0 Å². The number of amides is 2. The molecule has 162 valence electrons. The van der Waals surface area contributed by atoms with Gasteiger partial charge in [-0.15, -0.1) is 0 Å². The molecule has 0 aliphatic carbocycles. The Kier molecular flexibility index (Phi) is 7.98. The molecule has 1 atom stereocenters. The maximum absolute atomic E-state index is 13.3. The fraction of sp³-hybridized carbons (Fsp3) is 0.417. The van der Waals surface area contributed by atoms with Crippen LogP contribution in [0.2, 0.25) is 0 Å². The molecule has 1 N–H and O–H groups in total. The molecular weight excluding hydrogens is 381 g/mol. The summed E-state index contributed by atoms with van der Waals surface area (Å²) < 4.78 is 13.3. The van der Waals surface area contributed by atoms with Crippen LogP contribution in [0.25, 0.3) is 0 Å². The van der Waals surface area contributed by atoms with E-state index in [1.54, 1.807) is 4.90 Å². The predicted octanol–water partition coefficient (Wildman–Crippen LogP) is 4.93. The predicted molar refractivity (Wildman–Crippen MR) is 120 cm³/mol. The van der Waals surface area contributed by atoms with Gasteiger partial charge in [-0.05, 0) is 61.4 Å². The van der Waals surface area contributed by atoms with Crippen molar-refractivity contribution in [2.24, 2.45) is 5.92 Å². The highest BCUT2D eigenvalue weighted by Gasteiger charge is 2.23. The van der Waals surface area contributed by atoms with Crippen LogP contribution >= 0.6 is 0 Å². The van der Waals surface area contributed by atoms with E-state index >= 15 is 0 Å². The summed E-state index contributed by atoms with van der Waals surface area (Å²) in [6.45, 7) is 8.10. The number of nitrogens with one attached hydrogen (secondary N) is 1. The second-order valence-electron chi connectivity index (χ2n) is 8.08. The minimum atomic E-state index is -0.370. The molecule has 30 heavy (non-hydrogen) atoms. The van der Waals surface area contributed by atoms with Gasteiger partial charge in [0.2, 0.25) is 5.91 Å². The standard InChI is InChI=1S/C24H32FN3O2/c1-7-17(4)28(24(30)18-8-10-20(25)11-9-18)15-19-14-21(26-23(29)16(2)3)12-13-22(19)27(5)6/h8-14,16-17H,7,15H2,1-6H3,(H,26,29)/t17-/m0/s1. The van der Waals surface area contributed by atoms with Crippen molar-refractivity contribution in [3.63, 3.8) is 0 Å². The number of carbonyl (C=O) groups excluding carboxylic acids is 2. The molecule has 0 saturated heterocycles. The van der Waals surface area contributed by atoms with Crippen molar-refractivity contribution >= 4 is 23.2 Å². The SMILES string of the molecule is CC[C@H](C)N(Cc1cc(NC(=O)C(C)C)ccc1N(C)C)C(=O)c1ccc(F)cc1. The van der Waals surface area contributed by atoms with Crippen LogP contribution < -0.4 is 10.2 Å².